The summed E-state index contributed by atoms with van der Waals surface area (Å²) < 4.78 is 17.4. The Morgan fingerprint density at radius 3 is 2.48 bits per heavy atom. The van der Waals surface area contributed by atoms with Crippen molar-refractivity contribution in [3.8, 4) is 0 Å². The van der Waals surface area contributed by atoms with Crippen LogP contribution in [0.2, 0.25) is 0 Å². The molecule has 0 aromatic heterocycles. The van der Waals surface area contributed by atoms with E-state index in [1.165, 1.54) is 36.4 Å². The van der Waals surface area contributed by atoms with E-state index >= 15 is 0 Å². The molecular formula is C16H17FN2O4. The van der Waals surface area contributed by atoms with E-state index in [1.807, 2.05) is 0 Å². The van der Waals surface area contributed by atoms with Gasteiger partial charge in [0.1, 0.15) is 5.82 Å². The van der Waals surface area contributed by atoms with Crippen LogP contribution in [-0.2, 0) is 19.1 Å². The zero-order chi connectivity index (χ0) is 17.1. The van der Waals surface area contributed by atoms with Crippen LogP contribution < -0.4 is 10.6 Å². The fourth-order valence-corrected chi connectivity index (χ4v) is 1.40. The Bertz CT molecular complexity index is 609. The van der Waals surface area contributed by atoms with Gasteiger partial charge in [-0.25, -0.2) is 9.18 Å². The first-order chi connectivity index (χ1) is 11.0. The molecule has 0 saturated carbocycles. The van der Waals surface area contributed by atoms with Crippen molar-refractivity contribution in [2.45, 2.75) is 6.92 Å². The largest absolute Gasteiger partial charge is 0.452 e. The zero-order valence-corrected chi connectivity index (χ0v) is 12.5. The summed E-state index contributed by atoms with van der Waals surface area (Å²) in [5.74, 6) is -2.16. The molecule has 0 spiro atoms. The standard InChI is InChI=1S/C16H17FN2O4/c1-2-3-4-5-16(22)23-11-15(21)18-10-14(20)19-13-8-6-12(17)7-9-13/h2-9H,10-11H2,1H3,(H,18,21)(H,19,20)/b3-2+,5-4+. The van der Waals surface area contributed by atoms with Crippen molar-refractivity contribution in [3.05, 3.63) is 54.4 Å². The molecule has 0 aliphatic carbocycles. The number of halogens is 1. The molecule has 0 radical (unpaired) electrons. The number of amides is 2. The lowest BCUT2D eigenvalue weighted by Crippen LogP contribution is -2.35. The summed E-state index contributed by atoms with van der Waals surface area (Å²) in [7, 11) is 0. The number of allylic oxidation sites excluding steroid dienone is 3. The van der Waals surface area contributed by atoms with Crippen LogP contribution in [0.25, 0.3) is 0 Å². The highest BCUT2D eigenvalue weighted by molar-refractivity contribution is 5.95. The summed E-state index contributed by atoms with van der Waals surface area (Å²) in [6, 6.07) is 5.20. The van der Waals surface area contributed by atoms with Crippen molar-refractivity contribution in [3.63, 3.8) is 0 Å². The Morgan fingerprint density at radius 1 is 1.13 bits per heavy atom. The van der Waals surface area contributed by atoms with Crippen LogP contribution >= 0.6 is 0 Å². The van der Waals surface area contributed by atoms with Gasteiger partial charge in [0.05, 0.1) is 6.54 Å². The van der Waals surface area contributed by atoms with Gasteiger partial charge < -0.3 is 15.4 Å². The van der Waals surface area contributed by atoms with Gasteiger partial charge in [0.15, 0.2) is 6.61 Å². The number of rotatable bonds is 7. The molecule has 0 fully saturated rings. The maximum atomic E-state index is 12.7. The summed E-state index contributed by atoms with van der Waals surface area (Å²) in [5.41, 5.74) is 0.409. The summed E-state index contributed by atoms with van der Waals surface area (Å²) in [6.07, 6.45) is 6.03. The number of benzene rings is 1. The van der Waals surface area contributed by atoms with Gasteiger partial charge in [0.2, 0.25) is 5.91 Å². The smallest absolute Gasteiger partial charge is 0.331 e. The minimum atomic E-state index is -0.658. The monoisotopic (exact) mass is 320 g/mol. The van der Waals surface area contributed by atoms with Crippen LogP contribution in [0.1, 0.15) is 6.92 Å². The Hall–Kier alpha value is -2.96. The molecule has 0 aliphatic heterocycles. The molecule has 0 heterocycles. The number of nitrogens with one attached hydrogen (secondary N) is 2. The highest BCUT2D eigenvalue weighted by Gasteiger charge is 2.08. The normalized spacial score (nSPS) is 10.7. The summed E-state index contributed by atoms with van der Waals surface area (Å²) >= 11 is 0. The van der Waals surface area contributed by atoms with Crippen molar-refractivity contribution in [1.29, 1.82) is 0 Å². The number of anilines is 1. The molecule has 23 heavy (non-hydrogen) atoms. The second-order valence-electron chi connectivity index (χ2n) is 4.32. The Kier molecular flexibility index (Phi) is 7.77. The van der Waals surface area contributed by atoms with Crippen molar-refractivity contribution in [1.82, 2.24) is 5.32 Å². The lowest BCUT2D eigenvalue weighted by atomic mass is 10.3. The summed E-state index contributed by atoms with van der Waals surface area (Å²) in [6.45, 7) is 1.02. The number of hydrogen-bond acceptors (Lipinski definition) is 4. The van der Waals surface area contributed by atoms with E-state index in [1.54, 1.807) is 19.1 Å². The van der Waals surface area contributed by atoms with Crippen LogP contribution in [0.4, 0.5) is 10.1 Å². The number of esters is 1. The lowest BCUT2D eigenvalue weighted by Gasteiger charge is -2.07. The molecule has 0 bridgehead atoms. The first-order valence-corrected chi connectivity index (χ1v) is 6.79. The highest BCUT2D eigenvalue weighted by atomic mass is 19.1. The first-order valence-electron chi connectivity index (χ1n) is 6.79. The SMILES string of the molecule is C/C=C/C=C/C(=O)OCC(=O)NCC(=O)Nc1ccc(F)cc1. The van der Waals surface area contributed by atoms with Gasteiger partial charge in [-0.15, -0.1) is 0 Å². The second-order valence-corrected chi connectivity index (χ2v) is 4.32. The average molecular weight is 320 g/mol. The molecule has 1 aromatic carbocycles. The minimum absolute atomic E-state index is 0.290. The molecule has 1 aromatic rings. The van der Waals surface area contributed by atoms with E-state index in [-0.39, 0.29) is 6.54 Å². The molecule has 6 nitrogen and oxygen atoms in total. The van der Waals surface area contributed by atoms with Crippen molar-refractivity contribution < 1.29 is 23.5 Å². The molecule has 1 rings (SSSR count). The quantitative estimate of drug-likeness (QED) is 0.453. The van der Waals surface area contributed by atoms with Crippen molar-refractivity contribution in [2.24, 2.45) is 0 Å². The molecule has 0 saturated heterocycles. The summed E-state index contributed by atoms with van der Waals surface area (Å²) in [5, 5.41) is 4.77. The van der Waals surface area contributed by atoms with Gasteiger partial charge >= 0.3 is 5.97 Å². The first kappa shape index (κ1) is 18.1. The fraction of sp³-hybridized carbons (Fsp3) is 0.188. The number of hydrogen-bond donors (Lipinski definition) is 2. The predicted molar refractivity (Wildman–Crippen MR) is 83.0 cm³/mol. The van der Waals surface area contributed by atoms with Gasteiger partial charge in [-0.05, 0) is 31.2 Å². The topological polar surface area (TPSA) is 84.5 Å². The van der Waals surface area contributed by atoms with E-state index in [2.05, 4.69) is 15.4 Å². The van der Waals surface area contributed by atoms with Crippen LogP contribution in [0.15, 0.2) is 48.6 Å². The number of carbonyl (C=O) groups is 3. The molecule has 0 unspecified atom stereocenters. The molecule has 7 heteroatoms. The minimum Gasteiger partial charge on any atom is -0.452 e. The highest BCUT2D eigenvalue weighted by Crippen LogP contribution is 2.07. The molecule has 2 N–H and O–H groups in total. The molecule has 0 aliphatic rings. The third-order valence-corrected chi connectivity index (χ3v) is 2.46. The summed E-state index contributed by atoms with van der Waals surface area (Å²) in [4.78, 5) is 34.2. The Morgan fingerprint density at radius 2 is 1.83 bits per heavy atom. The Balaban J connectivity index is 2.26. The van der Waals surface area contributed by atoms with Gasteiger partial charge in [-0.1, -0.05) is 18.2 Å². The van der Waals surface area contributed by atoms with Crippen molar-refractivity contribution >= 4 is 23.5 Å². The van der Waals surface area contributed by atoms with Crippen LogP contribution in [-0.4, -0.2) is 30.9 Å². The lowest BCUT2D eigenvalue weighted by molar-refractivity contribution is -0.143. The molecular weight excluding hydrogens is 303 g/mol. The Labute approximate surface area is 133 Å². The van der Waals surface area contributed by atoms with E-state index in [4.69, 9.17) is 0 Å². The third-order valence-electron chi connectivity index (χ3n) is 2.46. The van der Waals surface area contributed by atoms with Crippen LogP contribution in [0, 0.1) is 5.82 Å². The van der Waals surface area contributed by atoms with E-state index in [0.717, 1.165) is 0 Å². The van der Waals surface area contributed by atoms with Gasteiger partial charge in [0.25, 0.3) is 5.91 Å². The predicted octanol–water partition coefficient (Wildman–Crippen LogP) is 1.56. The van der Waals surface area contributed by atoms with Gasteiger partial charge in [-0.2, -0.15) is 0 Å². The number of carbonyl (C=O) groups excluding carboxylic acids is 3. The van der Waals surface area contributed by atoms with Gasteiger partial charge in [-0.3, -0.25) is 9.59 Å². The maximum absolute atomic E-state index is 12.7. The van der Waals surface area contributed by atoms with E-state index < -0.39 is 30.2 Å². The third kappa shape index (κ3) is 8.15. The van der Waals surface area contributed by atoms with Gasteiger partial charge in [0, 0.05) is 11.8 Å². The van der Waals surface area contributed by atoms with Crippen LogP contribution in [0.5, 0.6) is 0 Å². The molecule has 2 amide bonds. The van der Waals surface area contributed by atoms with E-state index in [9.17, 15) is 18.8 Å². The van der Waals surface area contributed by atoms with E-state index in [0.29, 0.717) is 5.69 Å². The average Bonchev–Trinajstić information content (AvgIpc) is 2.53. The van der Waals surface area contributed by atoms with Crippen molar-refractivity contribution in [2.75, 3.05) is 18.5 Å². The number of ether oxygens (including phenoxy) is 1. The fourth-order valence-electron chi connectivity index (χ4n) is 1.40. The molecule has 0 atom stereocenters. The second kappa shape index (κ2) is 9.88. The van der Waals surface area contributed by atoms with Crippen LogP contribution in [0.3, 0.4) is 0 Å². The molecule has 122 valence electrons. The zero-order valence-electron chi connectivity index (χ0n) is 12.5. The maximum Gasteiger partial charge on any atom is 0.331 e.